The van der Waals surface area contributed by atoms with Gasteiger partial charge in [-0.1, -0.05) is 52.3 Å². The molecule has 8 heteroatoms. The van der Waals surface area contributed by atoms with E-state index in [9.17, 15) is 18.3 Å². The van der Waals surface area contributed by atoms with Crippen LogP contribution < -0.4 is 10.0 Å². The molecule has 0 saturated carbocycles. The van der Waals surface area contributed by atoms with Gasteiger partial charge in [-0.15, -0.1) is 0 Å². The lowest BCUT2D eigenvalue weighted by Crippen LogP contribution is -2.30. The van der Waals surface area contributed by atoms with Crippen molar-refractivity contribution in [2.24, 2.45) is 5.92 Å². The van der Waals surface area contributed by atoms with Crippen molar-refractivity contribution in [1.82, 2.24) is 0 Å². The number of nitrogens with one attached hydrogen (secondary N) is 2. The predicted molar refractivity (Wildman–Crippen MR) is 131 cm³/mol. The van der Waals surface area contributed by atoms with Gasteiger partial charge in [-0.3, -0.25) is 4.72 Å². The number of allylic oxidation sites excluding steroid dienone is 2. The number of carboxylic acid groups (broad SMARTS) is 1. The molecule has 0 spiro atoms. The third-order valence-electron chi connectivity index (χ3n) is 6.25. The number of carbonyl (C=O) groups is 1. The van der Waals surface area contributed by atoms with Crippen LogP contribution in [0.5, 0.6) is 0 Å². The molecule has 0 saturated heterocycles. The maximum absolute atomic E-state index is 13.1. The van der Waals surface area contributed by atoms with E-state index >= 15 is 0 Å². The number of sulfonamides is 1. The second-order valence-electron chi connectivity index (χ2n) is 8.23. The van der Waals surface area contributed by atoms with E-state index in [-0.39, 0.29) is 28.3 Å². The summed E-state index contributed by atoms with van der Waals surface area (Å²) in [4.78, 5) is 12.0. The van der Waals surface area contributed by atoms with Gasteiger partial charge in [0, 0.05) is 21.8 Å². The highest BCUT2D eigenvalue weighted by Gasteiger charge is 2.39. The van der Waals surface area contributed by atoms with E-state index in [0.29, 0.717) is 5.69 Å². The van der Waals surface area contributed by atoms with Gasteiger partial charge in [0.05, 0.1) is 16.5 Å². The van der Waals surface area contributed by atoms with E-state index in [1.807, 2.05) is 18.2 Å². The van der Waals surface area contributed by atoms with Crippen molar-refractivity contribution < 1.29 is 18.3 Å². The largest absolute Gasteiger partial charge is 0.478 e. The average molecular weight is 525 g/mol. The molecule has 0 aromatic heterocycles. The summed E-state index contributed by atoms with van der Waals surface area (Å²) < 4.78 is 29.5. The number of aromatic carboxylic acids is 1. The van der Waals surface area contributed by atoms with Crippen molar-refractivity contribution in [3.63, 3.8) is 0 Å². The second kappa shape index (κ2) is 8.35. The first-order valence-corrected chi connectivity index (χ1v) is 12.8. The highest BCUT2D eigenvalue weighted by atomic mass is 79.9. The van der Waals surface area contributed by atoms with Gasteiger partial charge in [0.25, 0.3) is 10.0 Å². The quantitative estimate of drug-likeness (QED) is 0.368. The summed E-state index contributed by atoms with van der Waals surface area (Å²) in [5, 5.41) is 13.2. The highest BCUT2D eigenvalue weighted by Crippen LogP contribution is 2.50. The maximum Gasteiger partial charge on any atom is 0.336 e. The third-order valence-corrected chi connectivity index (χ3v) is 8.12. The van der Waals surface area contributed by atoms with Crippen LogP contribution in [0.25, 0.3) is 0 Å². The van der Waals surface area contributed by atoms with E-state index in [1.54, 1.807) is 48.5 Å². The average Bonchev–Trinajstić information content (AvgIpc) is 3.28. The predicted octanol–water partition coefficient (Wildman–Crippen LogP) is 5.77. The Morgan fingerprint density at radius 2 is 1.85 bits per heavy atom. The molecule has 2 aliphatic rings. The number of benzene rings is 3. The Morgan fingerprint density at radius 1 is 1.03 bits per heavy atom. The fourth-order valence-electron chi connectivity index (χ4n) is 4.78. The summed E-state index contributed by atoms with van der Waals surface area (Å²) in [6.07, 6.45) is 4.96. The van der Waals surface area contributed by atoms with Crippen LogP contribution in [-0.4, -0.2) is 19.5 Å². The molecule has 3 atom stereocenters. The lowest BCUT2D eigenvalue weighted by atomic mass is 9.76. The van der Waals surface area contributed by atoms with Crippen LogP contribution in [0.15, 0.2) is 88.3 Å². The number of hydrogen-bond acceptors (Lipinski definition) is 4. The standard InChI is InChI=1S/C25H21BrN2O4S/c26-15-5-3-6-16(13-15)28-33(31,32)17-11-12-23-22(14-17)18-9-4-10-19(18)24(27-23)20-7-1-2-8-21(20)25(29)30/h1-9,11-14,18-19,24,27-28H,10H2,(H,29,30)/t18-,19+,24-/m0/s1. The molecule has 3 aromatic rings. The zero-order valence-corrected chi connectivity index (χ0v) is 19.8. The third kappa shape index (κ3) is 4.05. The number of hydrogen-bond donors (Lipinski definition) is 3. The SMILES string of the molecule is O=C(O)c1ccccc1[C@H]1Nc2ccc(S(=O)(=O)Nc3cccc(Br)c3)cc2[C@H]2C=CC[C@H]21. The molecule has 1 aliphatic heterocycles. The van der Waals surface area contributed by atoms with E-state index < -0.39 is 16.0 Å². The number of halogens is 1. The van der Waals surface area contributed by atoms with Gasteiger partial charge < -0.3 is 10.4 Å². The molecule has 33 heavy (non-hydrogen) atoms. The summed E-state index contributed by atoms with van der Waals surface area (Å²) in [6, 6.07) is 18.9. The lowest BCUT2D eigenvalue weighted by Gasteiger charge is -2.38. The minimum absolute atomic E-state index is 0.00544. The van der Waals surface area contributed by atoms with Crippen LogP contribution in [0.1, 0.15) is 39.9 Å². The summed E-state index contributed by atoms with van der Waals surface area (Å²) >= 11 is 3.36. The van der Waals surface area contributed by atoms with Gasteiger partial charge >= 0.3 is 5.97 Å². The minimum Gasteiger partial charge on any atom is -0.478 e. The van der Waals surface area contributed by atoms with Crippen LogP contribution in [0, 0.1) is 5.92 Å². The molecule has 3 N–H and O–H groups in total. The van der Waals surface area contributed by atoms with E-state index in [0.717, 1.165) is 27.7 Å². The summed E-state index contributed by atoms with van der Waals surface area (Å²) in [5.41, 5.74) is 3.21. The van der Waals surface area contributed by atoms with Gasteiger partial charge in [-0.05, 0) is 65.9 Å². The van der Waals surface area contributed by atoms with Crippen molar-refractivity contribution in [3.8, 4) is 0 Å². The van der Waals surface area contributed by atoms with Crippen molar-refractivity contribution in [1.29, 1.82) is 0 Å². The van der Waals surface area contributed by atoms with Crippen molar-refractivity contribution in [3.05, 3.63) is 100 Å². The molecule has 0 radical (unpaired) electrons. The molecule has 0 unspecified atom stereocenters. The molecule has 1 heterocycles. The molecule has 0 bridgehead atoms. The van der Waals surface area contributed by atoms with Gasteiger partial charge in [0.2, 0.25) is 0 Å². The Bertz CT molecular complexity index is 1390. The first-order valence-electron chi connectivity index (χ1n) is 10.5. The van der Waals surface area contributed by atoms with Crippen molar-refractivity contribution in [2.75, 3.05) is 10.0 Å². The van der Waals surface area contributed by atoms with Crippen LogP contribution in [0.2, 0.25) is 0 Å². The molecular formula is C25H21BrN2O4S. The molecule has 1 aliphatic carbocycles. The maximum atomic E-state index is 13.1. The van der Waals surface area contributed by atoms with Gasteiger partial charge in [0.1, 0.15) is 0 Å². The van der Waals surface area contributed by atoms with Crippen LogP contribution in [0.3, 0.4) is 0 Å². The number of carboxylic acids is 1. The zero-order valence-electron chi connectivity index (χ0n) is 17.4. The van der Waals surface area contributed by atoms with E-state index in [4.69, 9.17) is 0 Å². The Hall–Kier alpha value is -3.10. The fraction of sp³-hybridized carbons (Fsp3) is 0.160. The first kappa shape index (κ1) is 21.7. The van der Waals surface area contributed by atoms with E-state index in [2.05, 4.69) is 38.1 Å². The van der Waals surface area contributed by atoms with Crippen molar-refractivity contribution >= 4 is 43.3 Å². The van der Waals surface area contributed by atoms with Crippen molar-refractivity contribution in [2.45, 2.75) is 23.3 Å². The van der Waals surface area contributed by atoms with Gasteiger partial charge in [-0.25, -0.2) is 13.2 Å². The Balaban J connectivity index is 1.51. The fourth-order valence-corrected chi connectivity index (χ4v) is 6.26. The van der Waals surface area contributed by atoms with Crippen LogP contribution >= 0.6 is 15.9 Å². The van der Waals surface area contributed by atoms with E-state index in [1.165, 1.54) is 0 Å². The summed E-state index contributed by atoms with van der Waals surface area (Å²) in [5.74, 6) is -0.871. The molecule has 0 fully saturated rings. The zero-order chi connectivity index (χ0) is 23.2. The van der Waals surface area contributed by atoms with Gasteiger partial charge in [-0.2, -0.15) is 0 Å². The summed E-state index contributed by atoms with van der Waals surface area (Å²) in [6.45, 7) is 0. The Kier molecular flexibility index (Phi) is 5.50. The smallest absolute Gasteiger partial charge is 0.336 e. The Labute approximate surface area is 200 Å². The highest BCUT2D eigenvalue weighted by molar-refractivity contribution is 9.10. The Morgan fingerprint density at radius 3 is 2.64 bits per heavy atom. The number of rotatable bonds is 5. The minimum atomic E-state index is -3.78. The topological polar surface area (TPSA) is 95.5 Å². The molecular weight excluding hydrogens is 504 g/mol. The molecule has 168 valence electrons. The molecule has 0 amide bonds. The first-order chi connectivity index (χ1) is 15.8. The molecule has 3 aromatic carbocycles. The van der Waals surface area contributed by atoms with Crippen LogP contribution in [-0.2, 0) is 10.0 Å². The molecule has 5 rings (SSSR count). The monoisotopic (exact) mass is 524 g/mol. The number of anilines is 2. The second-order valence-corrected chi connectivity index (χ2v) is 10.8. The molecule has 6 nitrogen and oxygen atoms in total. The normalized spacial score (nSPS) is 21.1. The lowest BCUT2D eigenvalue weighted by molar-refractivity contribution is 0.0694. The van der Waals surface area contributed by atoms with Gasteiger partial charge in [0.15, 0.2) is 0 Å². The number of fused-ring (bicyclic) bond motifs is 3. The summed E-state index contributed by atoms with van der Waals surface area (Å²) in [7, 11) is -3.78. The van der Waals surface area contributed by atoms with Crippen LogP contribution in [0.4, 0.5) is 11.4 Å².